The molecule has 0 aromatic heterocycles. The summed E-state index contributed by atoms with van der Waals surface area (Å²) >= 11 is 0. The molecule has 20 heavy (non-hydrogen) atoms. The summed E-state index contributed by atoms with van der Waals surface area (Å²) in [7, 11) is 0. The molecule has 1 aliphatic rings. The van der Waals surface area contributed by atoms with Crippen molar-refractivity contribution in [2.75, 3.05) is 19.7 Å². The Bertz CT molecular complexity index is 418. The lowest BCUT2D eigenvalue weighted by atomic mass is 9.80. The van der Waals surface area contributed by atoms with Gasteiger partial charge in [0.2, 0.25) is 0 Å². The number of aliphatic hydroxyl groups excluding tert-OH is 1. The van der Waals surface area contributed by atoms with Crippen molar-refractivity contribution in [2.24, 2.45) is 17.1 Å². The lowest BCUT2D eigenvalue weighted by molar-refractivity contribution is 0.0918. The van der Waals surface area contributed by atoms with Crippen LogP contribution in [0.4, 0.5) is 0 Å². The molecule has 1 aromatic carbocycles. The Labute approximate surface area is 122 Å². The van der Waals surface area contributed by atoms with Crippen LogP contribution in [0.2, 0.25) is 0 Å². The maximum atomic E-state index is 9.59. The molecule has 112 valence electrons. The molecular formula is C17H28N2O. The standard InChI is InChI=1S/C17H28N2O/c1-13-9-10-19(15(13)11-20)12-17(2,3)16(18)14-7-5-4-6-8-14/h4-8,13,15-16,20H,9-12,18H2,1-3H3. The van der Waals surface area contributed by atoms with Gasteiger partial charge in [-0.1, -0.05) is 51.1 Å². The number of benzene rings is 1. The van der Waals surface area contributed by atoms with E-state index < -0.39 is 0 Å². The summed E-state index contributed by atoms with van der Waals surface area (Å²) in [4.78, 5) is 2.41. The first kappa shape index (κ1) is 15.5. The van der Waals surface area contributed by atoms with Gasteiger partial charge in [0.15, 0.2) is 0 Å². The van der Waals surface area contributed by atoms with Gasteiger partial charge in [0, 0.05) is 18.6 Å². The Hall–Kier alpha value is -0.900. The Balaban J connectivity index is 2.07. The maximum absolute atomic E-state index is 9.59. The van der Waals surface area contributed by atoms with E-state index in [0.717, 1.165) is 13.1 Å². The first-order valence-electron chi connectivity index (χ1n) is 7.61. The smallest absolute Gasteiger partial charge is 0.0589 e. The minimum absolute atomic E-state index is 0.0129. The molecule has 1 heterocycles. The van der Waals surface area contributed by atoms with Crippen molar-refractivity contribution in [3.63, 3.8) is 0 Å². The van der Waals surface area contributed by atoms with Gasteiger partial charge in [-0.3, -0.25) is 4.90 Å². The Morgan fingerprint density at radius 3 is 2.60 bits per heavy atom. The minimum Gasteiger partial charge on any atom is -0.395 e. The fourth-order valence-corrected chi connectivity index (χ4v) is 3.31. The summed E-state index contributed by atoms with van der Waals surface area (Å²) in [5, 5.41) is 9.59. The van der Waals surface area contributed by atoms with Crippen molar-refractivity contribution >= 4 is 0 Å². The van der Waals surface area contributed by atoms with Crippen LogP contribution in [-0.4, -0.2) is 35.7 Å². The van der Waals surface area contributed by atoms with Gasteiger partial charge < -0.3 is 10.8 Å². The van der Waals surface area contributed by atoms with E-state index in [1.807, 2.05) is 18.2 Å². The summed E-state index contributed by atoms with van der Waals surface area (Å²) in [6.45, 7) is 8.92. The number of aliphatic hydroxyl groups is 1. The van der Waals surface area contributed by atoms with E-state index in [9.17, 15) is 5.11 Å². The summed E-state index contributed by atoms with van der Waals surface area (Å²) < 4.78 is 0. The van der Waals surface area contributed by atoms with E-state index in [-0.39, 0.29) is 24.1 Å². The second-order valence-corrected chi connectivity index (χ2v) is 6.86. The maximum Gasteiger partial charge on any atom is 0.0589 e. The third-order valence-corrected chi connectivity index (χ3v) is 4.80. The van der Waals surface area contributed by atoms with Crippen LogP contribution in [0.5, 0.6) is 0 Å². The zero-order valence-electron chi connectivity index (χ0n) is 12.9. The normalized spacial score (nSPS) is 25.9. The quantitative estimate of drug-likeness (QED) is 0.868. The second kappa shape index (κ2) is 6.25. The molecule has 1 aromatic rings. The van der Waals surface area contributed by atoms with Gasteiger partial charge in [0.05, 0.1) is 6.61 Å². The topological polar surface area (TPSA) is 49.5 Å². The zero-order valence-corrected chi connectivity index (χ0v) is 12.9. The lowest BCUT2D eigenvalue weighted by Gasteiger charge is -2.38. The van der Waals surface area contributed by atoms with Crippen molar-refractivity contribution in [1.82, 2.24) is 4.90 Å². The summed E-state index contributed by atoms with van der Waals surface area (Å²) in [6, 6.07) is 10.6. The van der Waals surface area contributed by atoms with Gasteiger partial charge in [-0.2, -0.15) is 0 Å². The molecule has 1 aliphatic heterocycles. The van der Waals surface area contributed by atoms with E-state index >= 15 is 0 Å². The molecule has 1 fully saturated rings. The number of rotatable bonds is 5. The fraction of sp³-hybridized carbons (Fsp3) is 0.647. The van der Waals surface area contributed by atoms with Crippen LogP contribution in [0.3, 0.4) is 0 Å². The Morgan fingerprint density at radius 1 is 1.35 bits per heavy atom. The van der Waals surface area contributed by atoms with Crippen LogP contribution in [0, 0.1) is 11.3 Å². The molecule has 1 saturated heterocycles. The molecule has 3 heteroatoms. The van der Waals surface area contributed by atoms with E-state index in [4.69, 9.17) is 5.73 Å². The molecule has 0 radical (unpaired) electrons. The molecule has 0 saturated carbocycles. The number of nitrogens with zero attached hydrogens (tertiary/aromatic N) is 1. The van der Waals surface area contributed by atoms with Crippen molar-refractivity contribution in [3.05, 3.63) is 35.9 Å². The average molecular weight is 276 g/mol. The van der Waals surface area contributed by atoms with Gasteiger partial charge >= 0.3 is 0 Å². The molecule has 3 atom stereocenters. The fourth-order valence-electron chi connectivity index (χ4n) is 3.31. The third kappa shape index (κ3) is 3.22. The predicted octanol–water partition coefficient (Wildman–Crippen LogP) is 2.42. The average Bonchev–Trinajstić information content (AvgIpc) is 2.78. The Kier molecular flexibility index (Phi) is 4.84. The van der Waals surface area contributed by atoms with Crippen molar-refractivity contribution in [1.29, 1.82) is 0 Å². The Morgan fingerprint density at radius 2 is 2.00 bits per heavy atom. The van der Waals surface area contributed by atoms with Crippen LogP contribution < -0.4 is 5.73 Å². The van der Waals surface area contributed by atoms with E-state index in [0.29, 0.717) is 5.92 Å². The molecular weight excluding hydrogens is 248 g/mol. The molecule has 0 spiro atoms. The van der Waals surface area contributed by atoms with E-state index in [1.54, 1.807) is 0 Å². The number of hydrogen-bond donors (Lipinski definition) is 2. The molecule has 0 aliphatic carbocycles. The number of likely N-dealkylation sites (tertiary alicyclic amines) is 1. The summed E-state index contributed by atoms with van der Waals surface area (Å²) in [5.41, 5.74) is 7.65. The first-order chi connectivity index (χ1) is 9.45. The highest BCUT2D eigenvalue weighted by Crippen LogP contribution is 2.35. The van der Waals surface area contributed by atoms with Crippen LogP contribution in [-0.2, 0) is 0 Å². The van der Waals surface area contributed by atoms with Gasteiger partial charge in [-0.15, -0.1) is 0 Å². The van der Waals surface area contributed by atoms with Crippen LogP contribution >= 0.6 is 0 Å². The SMILES string of the molecule is CC1CCN(CC(C)(C)C(N)c2ccccc2)C1CO. The minimum atomic E-state index is -0.0150. The monoisotopic (exact) mass is 276 g/mol. The van der Waals surface area contributed by atoms with Gasteiger partial charge in [-0.25, -0.2) is 0 Å². The predicted molar refractivity (Wildman–Crippen MR) is 83.4 cm³/mol. The molecule has 3 nitrogen and oxygen atoms in total. The highest BCUT2D eigenvalue weighted by atomic mass is 16.3. The van der Waals surface area contributed by atoms with Crippen LogP contribution in [0.25, 0.3) is 0 Å². The van der Waals surface area contributed by atoms with Crippen molar-refractivity contribution in [3.8, 4) is 0 Å². The highest BCUT2D eigenvalue weighted by Gasteiger charge is 2.36. The van der Waals surface area contributed by atoms with E-state index in [1.165, 1.54) is 12.0 Å². The van der Waals surface area contributed by atoms with Crippen LogP contribution in [0.1, 0.15) is 38.8 Å². The van der Waals surface area contributed by atoms with Crippen molar-refractivity contribution < 1.29 is 5.11 Å². The third-order valence-electron chi connectivity index (χ3n) is 4.80. The second-order valence-electron chi connectivity index (χ2n) is 6.86. The van der Waals surface area contributed by atoms with Crippen molar-refractivity contribution in [2.45, 2.75) is 39.3 Å². The number of nitrogens with two attached hydrogens (primary N) is 1. The molecule has 0 bridgehead atoms. The largest absolute Gasteiger partial charge is 0.395 e. The summed E-state index contributed by atoms with van der Waals surface area (Å²) in [5.74, 6) is 0.573. The number of hydrogen-bond acceptors (Lipinski definition) is 3. The molecule has 3 unspecified atom stereocenters. The summed E-state index contributed by atoms with van der Waals surface area (Å²) in [6.07, 6.45) is 1.17. The highest BCUT2D eigenvalue weighted by molar-refractivity contribution is 5.20. The molecule has 3 N–H and O–H groups in total. The van der Waals surface area contributed by atoms with Gasteiger partial charge in [0.25, 0.3) is 0 Å². The van der Waals surface area contributed by atoms with Gasteiger partial charge in [-0.05, 0) is 29.9 Å². The van der Waals surface area contributed by atoms with Crippen LogP contribution in [0.15, 0.2) is 30.3 Å². The lowest BCUT2D eigenvalue weighted by Crippen LogP contribution is -2.45. The molecule has 0 amide bonds. The first-order valence-corrected chi connectivity index (χ1v) is 7.61. The molecule has 2 rings (SSSR count). The zero-order chi connectivity index (χ0) is 14.8. The van der Waals surface area contributed by atoms with E-state index in [2.05, 4.69) is 37.8 Å². The van der Waals surface area contributed by atoms with Gasteiger partial charge in [0.1, 0.15) is 0 Å².